The van der Waals surface area contributed by atoms with Gasteiger partial charge in [-0.05, 0) is 18.2 Å². The zero-order valence-electron chi connectivity index (χ0n) is 10.1. The molecule has 0 N–H and O–H groups in total. The number of hydrogen-bond donors (Lipinski definition) is 0. The first-order chi connectivity index (χ1) is 8.61. The second-order valence-corrected chi connectivity index (χ2v) is 3.75. The van der Waals surface area contributed by atoms with E-state index in [1.807, 2.05) is 0 Å². The minimum absolute atomic E-state index is 0.0545. The smallest absolute Gasteiger partial charge is 0.170 e. The van der Waals surface area contributed by atoms with Gasteiger partial charge in [0.15, 0.2) is 17.3 Å². The van der Waals surface area contributed by atoms with Gasteiger partial charge in [0, 0.05) is 12.6 Å². The minimum atomic E-state index is -0.493. The summed E-state index contributed by atoms with van der Waals surface area (Å²) in [5, 5.41) is 3.88. The van der Waals surface area contributed by atoms with Crippen molar-refractivity contribution in [1.82, 2.24) is 14.8 Å². The lowest BCUT2D eigenvalue weighted by atomic mass is 10.1. The van der Waals surface area contributed by atoms with Crippen molar-refractivity contribution in [1.29, 1.82) is 0 Å². The predicted octanol–water partition coefficient (Wildman–Crippen LogP) is 1.39. The number of carbonyl (C=O) groups excluding carboxylic acids is 1. The van der Waals surface area contributed by atoms with E-state index in [4.69, 9.17) is 4.74 Å². The third-order valence-electron chi connectivity index (χ3n) is 2.60. The lowest BCUT2D eigenvalue weighted by Crippen LogP contribution is -2.09. The van der Waals surface area contributed by atoms with Crippen LogP contribution in [0.5, 0.6) is 5.75 Å². The van der Waals surface area contributed by atoms with E-state index in [9.17, 15) is 9.18 Å². The highest BCUT2D eigenvalue weighted by Gasteiger charge is 2.13. The molecule has 2 aromatic rings. The van der Waals surface area contributed by atoms with E-state index in [1.165, 1.54) is 36.3 Å². The summed E-state index contributed by atoms with van der Waals surface area (Å²) in [5.74, 6) is -0.0424. The third kappa shape index (κ3) is 2.37. The number of aryl methyl sites for hydroxylation is 1. The molecule has 1 heterocycles. The van der Waals surface area contributed by atoms with Crippen LogP contribution in [0.1, 0.15) is 16.2 Å². The van der Waals surface area contributed by atoms with Crippen molar-refractivity contribution in [3.05, 3.63) is 41.7 Å². The maximum atomic E-state index is 13.2. The van der Waals surface area contributed by atoms with Gasteiger partial charge in [-0.15, -0.1) is 0 Å². The van der Waals surface area contributed by atoms with Crippen LogP contribution in [0.2, 0.25) is 0 Å². The number of Topliss-reactive ketones (excluding diaryl/α,β-unsaturated/α-hetero) is 1. The molecule has 1 aromatic carbocycles. The Morgan fingerprint density at radius 3 is 2.89 bits per heavy atom. The van der Waals surface area contributed by atoms with Crippen LogP contribution in [0.15, 0.2) is 24.5 Å². The summed E-state index contributed by atoms with van der Waals surface area (Å²) in [6, 6.07) is 4.02. The summed E-state index contributed by atoms with van der Waals surface area (Å²) in [5.41, 5.74) is 0.385. The van der Waals surface area contributed by atoms with E-state index in [-0.39, 0.29) is 18.0 Å². The van der Waals surface area contributed by atoms with Crippen LogP contribution in [0.3, 0.4) is 0 Å². The Morgan fingerprint density at radius 1 is 1.50 bits per heavy atom. The topological polar surface area (TPSA) is 57.0 Å². The standard InChI is InChI=1S/C12H12FN3O2/c1-16-12(14-7-15-16)6-10(17)8-3-4-9(13)11(5-8)18-2/h3-5,7H,6H2,1-2H3. The average Bonchev–Trinajstić information content (AvgIpc) is 2.75. The van der Waals surface area contributed by atoms with E-state index < -0.39 is 5.82 Å². The van der Waals surface area contributed by atoms with Crippen LogP contribution in [-0.4, -0.2) is 27.7 Å². The maximum absolute atomic E-state index is 13.2. The Hall–Kier alpha value is -2.24. The normalized spacial score (nSPS) is 10.4. The molecule has 0 saturated heterocycles. The number of ketones is 1. The van der Waals surface area contributed by atoms with Crippen LogP contribution in [0.25, 0.3) is 0 Å². The summed E-state index contributed by atoms with van der Waals surface area (Å²) in [6.45, 7) is 0. The maximum Gasteiger partial charge on any atom is 0.170 e. The van der Waals surface area contributed by atoms with Gasteiger partial charge in [-0.2, -0.15) is 5.10 Å². The first-order valence-corrected chi connectivity index (χ1v) is 5.31. The molecular formula is C12H12FN3O2. The van der Waals surface area contributed by atoms with Crippen LogP contribution in [0, 0.1) is 5.82 Å². The number of benzene rings is 1. The monoisotopic (exact) mass is 249 g/mol. The molecule has 2 rings (SSSR count). The van der Waals surface area contributed by atoms with Gasteiger partial charge in [0.05, 0.1) is 13.5 Å². The molecule has 0 aliphatic heterocycles. The Balaban J connectivity index is 2.21. The number of hydrogen-bond acceptors (Lipinski definition) is 4. The average molecular weight is 249 g/mol. The predicted molar refractivity (Wildman–Crippen MR) is 62.0 cm³/mol. The summed E-state index contributed by atoms with van der Waals surface area (Å²) in [4.78, 5) is 16.0. The number of rotatable bonds is 4. The second kappa shape index (κ2) is 4.95. The van der Waals surface area contributed by atoms with Crippen LogP contribution >= 0.6 is 0 Å². The van der Waals surface area contributed by atoms with Crippen LogP contribution in [0.4, 0.5) is 4.39 Å². The number of aromatic nitrogens is 3. The highest BCUT2D eigenvalue weighted by Crippen LogP contribution is 2.19. The summed E-state index contributed by atoms with van der Waals surface area (Å²) in [7, 11) is 3.07. The fourth-order valence-electron chi connectivity index (χ4n) is 1.56. The third-order valence-corrected chi connectivity index (χ3v) is 2.60. The molecule has 1 aromatic heterocycles. The number of carbonyl (C=O) groups is 1. The number of nitrogens with zero attached hydrogens (tertiary/aromatic N) is 3. The highest BCUT2D eigenvalue weighted by molar-refractivity contribution is 5.97. The number of halogens is 1. The Bertz CT molecular complexity index is 580. The lowest BCUT2D eigenvalue weighted by Gasteiger charge is -2.05. The van der Waals surface area contributed by atoms with Gasteiger partial charge in [-0.25, -0.2) is 9.37 Å². The SMILES string of the molecule is COc1cc(C(=O)Cc2ncnn2C)ccc1F. The Morgan fingerprint density at radius 2 is 2.28 bits per heavy atom. The summed E-state index contributed by atoms with van der Waals surface area (Å²) in [6.07, 6.45) is 1.50. The molecule has 6 heteroatoms. The van der Waals surface area contributed by atoms with Crippen LogP contribution < -0.4 is 4.74 Å². The molecule has 0 fully saturated rings. The molecule has 5 nitrogen and oxygen atoms in total. The van der Waals surface area contributed by atoms with Gasteiger partial charge >= 0.3 is 0 Å². The molecule has 0 amide bonds. The van der Waals surface area contributed by atoms with Crippen molar-refractivity contribution in [3.8, 4) is 5.75 Å². The lowest BCUT2D eigenvalue weighted by molar-refractivity contribution is 0.0989. The number of ether oxygens (including phenoxy) is 1. The molecule has 0 radical (unpaired) electrons. The Labute approximate surface area is 103 Å². The fourth-order valence-corrected chi connectivity index (χ4v) is 1.56. The Kier molecular flexibility index (Phi) is 3.36. The molecule has 0 aliphatic rings. The van der Waals surface area contributed by atoms with Crippen molar-refractivity contribution < 1.29 is 13.9 Å². The van der Waals surface area contributed by atoms with E-state index in [2.05, 4.69) is 10.1 Å². The van der Waals surface area contributed by atoms with Gasteiger partial charge in [0.25, 0.3) is 0 Å². The van der Waals surface area contributed by atoms with E-state index in [0.717, 1.165) is 0 Å². The minimum Gasteiger partial charge on any atom is -0.494 e. The molecule has 0 spiro atoms. The van der Waals surface area contributed by atoms with Gasteiger partial charge in [0.2, 0.25) is 0 Å². The largest absolute Gasteiger partial charge is 0.494 e. The molecular weight excluding hydrogens is 237 g/mol. The molecule has 18 heavy (non-hydrogen) atoms. The molecule has 94 valence electrons. The fraction of sp³-hybridized carbons (Fsp3) is 0.250. The van der Waals surface area contributed by atoms with Crippen LogP contribution in [-0.2, 0) is 13.5 Å². The molecule has 0 bridgehead atoms. The zero-order valence-corrected chi connectivity index (χ0v) is 10.1. The van der Waals surface area contributed by atoms with Crippen molar-refractivity contribution >= 4 is 5.78 Å². The quantitative estimate of drug-likeness (QED) is 0.768. The molecule has 0 unspecified atom stereocenters. The van der Waals surface area contributed by atoms with Gasteiger partial charge in [-0.1, -0.05) is 0 Å². The molecule has 0 atom stereocenters. The second-order valence-electron chi connectivity index (χ2n) is 3.75. The van der Waals surface area contributed by atoms with Crippen molar-refractivity contribution in [3.63, 3.8) is 0 Å². The summed E-state index contributed by atoms with van der Waals surface area (Å²) >= 11 is 0. The van der Waals surface area contributed by atoms with E-state index in [1.54, 1.807) is 7.05 Å². The highest BCUT2D eigenvalue weighted by atomic mass is 19.1. The van der Waals surface area contributed by atoms with Crippen molar-refractivity contribution in [2.75, 3.05) is 7.11 Å². The number of methoxy groups -OCH3 is 1. The molecule has 0 saturated carbocycles. The van der Waals surface area contributed by atoms with E-state index in [0.29, 0.717) is 11.4 Å². The van der Waals surface area contributed by atoms with Gasteiger partial charge in [-0.3, -0.25) is 9.48 Å². The molecule has 0 aliphatic carbocycles. The zero-order chi connectivity index (χ0) is 13.1. The van der Waals surface area contributed by atoms with Crippen molar-refractivity contribution in [2.45, 2.75) is 6.42 Å². The summed E-state index contributed by atoms with van der Waals surface area (Å²) < 4.78 is 19.6. The first-order valence-electron chi connectivity index (χ1n) is 5.31. The van der Waals surface area contributed by atoms with E-state index >= 15 is 0 Å². The first kappa shape index (κ1) is 12.2. The van der Waals surface area contributed by atoms with Gasteiger partial charge < -0.3 is 4.74 Å². The van der Waals surface area contributed by atoms with Crippen molar-refractivity contribution in [2.24, 2.45) is 7.05 Å². The van der Waals surface area contributed by atoms with Gasteiger partial charge in [0.1, 0.15) is 12.2 Å².